The van der Waals surface area contributed by atoms with Crippen LogP contribution in [0.2, 0.25) is 0 Å². The zero-order valence-electron chi connectivity index (χ0n) is 13.6. The third-order valence-corrected chi connectivity index (χ3v) is 3.86. The topological polar surface area (TPSA) is 86.2 Å². The van der Waals surface area contributed by atoms with Crippen LogP contribution in [0.5, 0.6) is 0 Å². The van der Waals surface area contributed by atoms with Crippen LogP contribution >= 0.6 is 0 Å². The summed E-state index contributed by atoms with van der Waals surface area (Å²) in [6.07, 6.45) is -3.46. The zero-order chi connectivity index (χ0) is 19.6. The van der Waals surface area contributed by atoms with Gasteiger partial charge in [0.15, 0.2) is 5.76 Å². The molecule has 0 saturated carbocycles. The first-order chi connectivity index (χ1) is 12.8. The number of nitrogens with zero attached hydrogens (tertiary/aromatic N) is 2. The Hall–Kier alpha value is -3.49. The molecule has 0 saturated heterocycles. The van der Waals surface area contributed by atoms with E-state index in [1.807, 2.05) is 6.07 Å². The van der Waals surface area contributed by atoms with Crippen molar-refractivity contribution in [3.63, 3.8) is 0 Å². The molecule has 138 valence electrons. The van der Waals surface area contributed by atoms with E-state index in [4.69, 9.17) is 4.52 Å². The van der Waals surface area contributed by atoms with E-state index < -0.39 is 33.7 Å². The van der Waals surface area contributed by atoms with Crippen molar-refractivity contribution in [1.29, 1.82) is 0 Å². The molecular formula is C18H11F3N2O4. The van der Waals surface area contributed by atoms with Crippen LogP contribution in [-0.4, -0.2) is 15.9 Å². The van der Waals surface area contributed by atoms with Gasteiger partial charge in [-0.1, -0.05) is 35.5 Å². The number of carbonyl (C=O) groups excluding carboxylic acids is 1. The van der Waals surface area contributed by atoms with Gasteiger partial charge >= 0.3 is 6.18 Å². The van der Waals surface area contributed by atoms with Crippen molar-refractivity contribution in [2.45, 2.75) is 12.6 Å². The summed E-state index contributed by atoms with van der Waals surface area (Å²) in [4.78, 5) is 22.9. The van der Waals surface area contributed by atoms with Gasteiger partial charge in [-0.25, -0.2) is 0 Å². The van der Waals surface area contributed by atoms with Crippen LogP contribution in [0, 0.1) is 10.1 Å². The smallest absolute Gasteiger partial charge is 0.360 e. The number of hydrogen-bond donors (Lipinski definition) is 0. The Balaban J connectivity index is 2.00. The van der Waals surface area contributed by atoms with Gasteiger partial charge in [0.25, 0.3) is 5.69 Å². The average Bonchev–Trinajstić information content (AvgIpc) is 3.08. The minimum atomic E-state index is -4.76. The van der Waals surface area contributed by atoms with Gasteiger partial charge in [0, 0.05) is 12.5 Å². The highest BCUT2D eigenvalue weighted by Gasteiger charge is 2.34. The first-order valence-electron chi connectivity index (χ1n) is 7.65. The molecule has 0 amide bonds. The van der Waals surface area contributed by atoms with E-state index in [1.165, 1.54) is 0 Å². The minimum absolute atomic E-state index is 0.0401. The summed E-state index contributed by atoms with van der Waals surface area (Å²) >= 11 is 0. The third-order valence-electron chi connectivity index (χ3n) is 3.86. The first kappa shape index (κ1) is 18.3. The monoisotopic (exact) mass is 376 g/mol. The van der Waals surface area contributed by atoms with Gasteiger partial charge in [0.05, 0.1) is 22.2 Å². The number of carbonyl (C=O) groups is 1. The van der Waals surface area contributed by atoms with E-state index in [-0.39, 0.29) is 17.7 Å². The minimum Gasteiger partial charge on any atom is -0.360 e. The highest BCUT2D eigenvalue weighted by molar-refractivity contribution is 6.12. The highest BCUT2D eigenvalue weighted by atomic mass is 19.4. The molecule has 0 radical (unpaired) electrons. The van der Waals surface area contributed by atoms with Crippen LogP contribution in [0.4, 0.5) is 18.9 Å². The molecule has 0 aliphatic carbocycles. The van der Waals surface area contributed by atoms with Gasteiger partial charge in [-0.2, -0.15) is 13.2 Å². The Kier molecular flexibility index (Phi) is 4.76. The van der Waals surface area contributed by atoms with Crippen molar-refractivity contribution >= 4 is 11.5 Å². The molecule has 0 unspecified atom stereocenters. The van der Waals surface area contributed by atoms with Crippen molar-refractivity contribution in [3.05, 3.63) is 92.9 Å². The molecular weight excluding hydrogens is 365 g/mol. The molecule has 2 aromatic carbocycles. The lowest BCUT2D eigenvalue weighted by molar-refractivity contribution is -0.385. The lowest BCUT2D eigenvalue weighted by Gasteiger charge is -2.08. The second kappa shape index (κ2) is 7.02. The van der Waals surface area contributed by atoms with E-state index in [2.05, 4.69) is 5.16 Å². The summed E-state index contributed by atoms with van der Waals surface area (Å²) in [5.74, 6) is -0.664. The Bertz CT molecular complexity index is 997. The van der Waals surface area contributed by atoms with Crippen molar-refractivity contribution < 1.29 is 27.4 Å². The van der Waals surface area contributed by atoms with E-state index >= 15 is 0 Å². The Morgan fingerprint density at radius 3 is 2.44 bits per heavy atom. The molecule has 0 N–H and O–H groups in total. The van der Waals surface area contributed by atoms with Gasteiger partial charge in [-0.15, -0.1) is 0 Å². The molecule has 0 fully saturated rings. The van der Waals surface area contributed by atoms with Crippen LogP contribution in [0.3, 0.4) is 0 Å². The average molecular weight is 376 g/mol. The lowest BCUT2D eigenvalue weighted by Crippen LogP contribution is -2.10. The molecule has 3 rings (SSSR count). The fourth-order valence-corrected chi connectivity index (χ4v) is 2.55. The number of nitro benzene ring substituents is 1. The highest BCUT2D eigenvalue weighted by Crippen LogP contribution is 2.34. The zero-order valence-corrected chi connectivity index (χ0v) is 13.6. The van der Waals surface area contributed by atoms with Gasteiger partial charge in [0.2, 0.25) is 5.78 Å². The molecule has 27 heavy (non-hydrogen) atoms. The normalized spacial score (nSPS) is 11.4. The molecule has 0 aliphatic rings. The summed E-state index contributed by atoms with van der Waals surface area (Å²) < 4.78 is 43.5. The fraction of sp³-hybridized carbons (Fsp3) is 0.111. The fourth-order valence-electron chi connectivity index (χ4n) is 2.55. The van der Waals surface area contributed by atoms with Gasteiger partial charge in [-0.05, 0) is 17.7 Å². The van der Waals surface area contributed by atoms with Gasteiger partial charge in [-0.3, -0.25) is 14.9 Å². The molecule has 0 bridgehead atoms. The predicted molar refractivity (Wildman–Crippen MR) is 87.3 cm³/mol. The molecule has 9 heteroatoms. The van der Waals surface area contributed by atoms with E-state index in [0.29, 0.717) is 12.1 Å². The maximum atomic E-state index is 12.8. The van der Waals surface area contributed by atoms with Crippen LogP contribution in [0.1, 0.15) is 32.8 Å². The summed E-state index contributed by atoms with van der Waals surface area (Å²) in [6.45, 7) is 0. The van der Waals surface area contributed by atoms with Gasteiger partial charge < -0.3 is 4.52 Å². The number of rotatable bonds is 5. The van der Waals surface area contributed by atoms with Gasteiger partial charge in [0.1, 0.15) is 5.56 Å². The molecule has 1 heterocycles. The number of alkyl halides is 3. The van der Waals surface area contributed by atoms with Crippen molar-refractivity contribution in [3.8, 4) is 0 Å². The largest absolute Gasteiger partial charge is 0.416 e. The van der Waals surface area contributed by atoms with E-state index in [1.54, 1.807) is 24.3 Å². The Labute approximate surface area is 150 Å². The quantitative estimate of drug-likeness (QED) is 0.374. The molecule has 6 nitrogen and oxygen atoms in total. The maximum Gasteiger partial charge on any atom is 0.416 e. The van der Waals surface area contributed by atoms with Crippen LogP contribution in [0.15, 0.2) is 59.3 Å². The molecule has 0 aliphatic heterocycles. The molecule has 1 aromatic heterocycles. The Morgan fingerprint density at radius 2 is 1.81 bits per heavy atom. The standard InChI is InChI=1S/C18H11F3N2O4/c19-18(20,21)12-6-7-13(15(9-12)23(25)26)17(24)14-10-22-27-16(14)8-11-4-2-1-3-5-11/h1-7,9-10H,8H2. The predicted octanol–water partition coefficient (Wildman–Crippen LogP) is 4.42. The summed E-state index contributed by atoms with van der Waals surface area (Å²) in [6, 6.07) is 10.7. The number of nitro groups is 1. The number of hydrogen-bond acceptors (Lipinski definition) is 5. The second-order valence-corrected chi connectivity index (χ2v) is 5.64. The number of aromatic nitrogens is 1. The van der Waals surface area contributed by atoms with E-state index in [9.17, 15) is 28.1 Å². The second-order valence-electron chi connectivity index (χ2n) is 5.64. The summed E-state index contributed by atoms with van der Waals surface area (Å²) in [5.41, 5.74) is -1.83. The van der Waals surface area contributed by atoms with Crippen LogP contribution < -0.4 is 0 Å². The first-order valence-corrected chi connectivity index (χ1v) is 7.65. The van der Waals surface area contributed by atoms with Crippen LogP contribution in [-0.2, 0) is 12.6 Å². The van der Waals surface area contributed by atoms with Crippen molar-refractivity contribution in [2.75, 3.05) is 0 Å². The lowest BCUT2D eigenvalue weighted by atomic mass is 9.98. The number of halogens is 3. The third kappa shape index (κ3) is 3.86. The molecule has 0 spiro atoms. The summed E-state index contributed by atoms with van der Waals surface area (Å²) in [5, 5.41) is 14.7. The van der Waals surface area contributed by atoms with Crippen molar-refractivity contribution in [2.24, 2.45) is 0 Å². The maximum absolute atomic E-state index is 12.8. The Morgan fingerprint density at radius 1 is 1.11 bits per heavy atom. The van der Waals surface area contributed by atoms with Crippen molar-refractivity contribution in [1.82, 2.24) is 5.16 Å². The SMILES string of the molecule is O=C(c1ccc(C(F)(F)F)cc1[N+](=O)[O-])c1cnoc1Cc1ccccc1. The summed E-state index contributed by atoms with van der Waals surface area (Å²) in [7, 11) is 0. The number of benzene rings is 2. The van der Waals surface area contributed by atoms with E-state index in [0.717, 1.165) is 17.8 Å². The molecule has 3 aromatic rings. The van der Waals surface area contributed by atoms with Crippen LogP contribution in [0.25, 0.3) is 0 Å². The molecule has 0 atom stereocenters. The number of ketones is 1.